The fraction of sp³-hybridized carbons (Fsp3) is 0.207. The van der Waals surface area contributed by atoms with Crippen molar-refractivity contribution in [2.24, 2.45) is 4.99 Å². The summed E-state index contributed by atoms with van der Waals surface area (Å²) in [7, 11) is 3.88. The number of amidine groups is 1. The minimum Gasteiger partial charge on any atom is -0.435 e. The molecule has 39 heavy (non-hydrogen) atoms. The molecule has 1 aliphatic heterocycles. The predicted molar refractivity (Wildman–Crippen MR) is 154 cm³/mol. The molecule has 4 rings (SSSR count). The molecule has 2 amide bonds. The van der Waals surface area contributed by atoms with Crippen LogP contribution in [0.15, 0.2) is 83.5 Å². The average Bonchev–Trinajstić information content (AvgIpc) is 3.23. The zero-order valence-electron chi connectivity index (χ0n) is 21.7. The number of aliphatic imine (C=N–C) groups is 1. The van der Waals surface area contributed by atoms with E-state index in [1.807, 2.05) is 67.5 Å². The number of amides is 2. The van der Waals surface area contributed by atoms with Gasteiger partial charge in [-0.2, -0.15) is 8.78 Å². The summed E-state index contributed by atoms with van der Waals surface area (Å²) in [5, 5.41) is 3.15. The fourth-order valence-corrected chi connectivity index (χ4v) is 4.59. The highest BCUT2D eigenvalue weighted by Gasteiger charge is 2.32. The SMILES string of the molecule is CCc1ccc(NC(=O)CSC2=N/C(=C\c3ccc(N(C)C)cc3)C(=O)N2c2ccc(OC(F)F)cc2)cc1. The van der Waals surface area contributed by atoms with Crippen LogP contribution in [0.1, 0.15) is 18.1 Å². The predicted octanol–water partition coefficient (Wildman–Crippen LogP) is 6.03. The average molecular weight is 551 g/mol. The normalized spacial score (nSPS) is 14.1. The summed E-state index contributed by atoms with van der Waals surface area (Å²) >= 11 is 1.11. The molecule has 1 aliphatic rings. The van der Waals surface area contributed by atoms with Gasteiger partial charge in [0.25, 0.3) is 5.91 Å². The van der Waals surface area contributed by atoms with Crippen LogP contribution in [0.2, 0.25) is 0 Å². The molecule has 0 saturated heterocycles. The largest absolute Gasteiger partial charge is 0.435 e. The molecule has 0 fully saturated rings. The number of thioether (sulfide) groups is 1. The number of hydrogen-bond donors (Lipinski definition) is 1. The minimum atomic E-state index is -2.96. The third kappa shape index (κ3) is 7.23. The van der Waals surface area contributed by atoms with Crippen molar-refractivity contribution in [1.82, 2.24) is 0 Å². The van der Waals surface area contributed by atoms with Crippen LogP contribution >= 0.6 is 11.8 Å². The van der Waals surface area contributed by atoms with E-state index >= 15 is 0 Å². The zero-order valence-corrected chi connectivity index (χ0v) is 22.5. The van der Waals surface area contributed by atoms with Gasteiger partial charge in [0.05, 0.1) is 11.4 Å². The molecule has 0 saturated carbocycles. The number of benzene rings is 3. The maximum absolute atomic E-state index is 13.4. The second kappa shape index (κ2) is 12.6. The molecule has 0 aromatic heterocycles. The van der Waals surface area contributed by atoms with Crippen LogP contribution in [-0.2, 0) is 16.0 Å². The van der Waals surface area contributed by atoms with Crippen LogP contribution in [-0.4, -0.2) is 43.4 Å². The second-order valence-electron chi connectivity index (χ2n) is 8.81. The molecule has 0 radical (unpaired) electrons. The lowest BCUT2D eigenvalue weighted by molar-refractivity contribution is -0.114. The third-order valence-corrected chi connectivity index (χ3v) is 6.78. The molecule has 0 spiro atoms. The first kappa shape index (κ1) is 27.8. The number of halogens is 2. The van der Waals surface area contributed by atoms with E-state index in [4.69, 9.17) is 0 Å². The summed E-state index contributed by atoms with van der Waals surface area (Å²) < 4.78 is 29.6. The van der Waals surface area contributed by atoms with Gasteiger partial charge in [-0.3, -0.25) is 14.5 Å². The molecule has 0 atom stereocenters. The minimum absolute atomic E-state index is 0.00946. The van der Waals surface area contributed by atoms with Crippen LogP contribution in [0, 0.1) is 0 Å². The van der Waals surface area contributed by atoms with E-state index in [1.54, 1.807) is 6.08 Å². The second-order valence-corrected chi connectivity index (χ2v) is 9.75. The first-order chi connectivity index (χ1) is 18.7. The van der Waals surface area contributed by atoms with Gasteiger partial charge in [0.2, 0.25) is 5.91 Å². The smallest absolute Gasteiger partial charge is 0.387 e. The molecule has 202 valence electrons. The van der Waals surface area contributed by atoms with Gasteiger partial charge in [0.1, 0.15) is 11.4 Å². The topological polar surface area (TPSA) is 74.2 Å². The van der Waals surface area contributed by atoms with Gasteiger partial charge in [-0.05, 0) is 72.2 Å². The van der Waals surface area contributed by atoms with E-state index in [0.29, 0.717) is 16.5 Å². The van der Waals surface area contributed by atoms with Crippen LogP contribution in [0.5, 0.6) is 5.75 Å². The number of alkyl halides is 2. The van der Waals surface area contributed by atoms with Crippen molar-refractivity contribution < 1.29 is 23.1 Å². The molecule has 10 heteroatoms. The Bertz CT molecular complexity index is 1370. The Morgan fingerprint density at radius 1 is 1.05 bits per heavy atom. The highest BCUT2D eigenvalue weighted by molar-refractivity contribution is 8.14. The van der Waals surface area contributed by atoms with Crippen LogP contribution < -0.4 is 19.9 Å². The van der Waals surface area contributed by atoms with Crippen molar-refractivity contribution in [3.8, 4) is 5.75 Å². The molecular weight excluding hydrogens is 522 g/mol. The molecule has 0 unspecified atom stereocenters. The van der Waals surface area contributed by atoms with Gasteiger partial charge in [0, 0.05) is 25.5 Å². The maximum Gasteiger partial charge on any atom is 0.387 e. The molecule has 0 aliphatic carbocycles. The Hall–Kier alpha value is -4.18. The molecule has 1 N–H and O–H groups in total. The third-order valence-electron chi connectivity index (χ3n) is 5.84. The van der Waals surface area contributed by atoms with Crippen molar-refractivity contribution in [2.45, 2.75) is 20.0 Å². The molecule has 3 aromatic rings. The van der Waals surface area contributed by atoms with Crippen molar-refractivity contribution in [3.63, 3.8) is 0 Å². The number of hydrogen-bond acceptors (Lipinski definition) is 6. The Morgan fingerprint density at radius 3 is 2.31 bits per heavy atom. The summed E-state index contributed by atoms with van der Waals surface area (Å²) in [5.41, 5.74) is 4.24. The Morgan fingerprint density at radius 2 is 1.72 bits per heavy atom. The summed E-state index contributed by atoms with van der Waals surface area (Å²) in [6.07, 6.45) is 2.57. The quantitative estimate of drug-likeness (QED) is 0.329. The number of aryl methyl sites for hydroxylation is 1. The highest BCUT2D eigenvalue weighted by atomic mass is 32.2. The van der Waals surface area contributed by atoms with E-state index in [-0.39, 0.29) is 23.1 Å². The number of carbonyl (C=O) groups is 2. The number of rotatable bonds is 9. The lowest BCUT2D eigenvalue weighted by atomic mass is 10.1. The molecule has 1 heterocycles. The fourth-order valence-electron chi connectivity index (χ4n) is 3.77. The number of ether oxygens (including phenoxy) is 1. The lowest BCUT2D eigenvalue weighted by Gasteiger charge is -2.18. The van der Waals surface area contributed by atoms with Crippen molar-refractivity contribution in [2.75, 3.05) is 35.0 Å². The van der Waals surface area contributed by atoms with Crippen molar-refractivity contribution >= 4 is 51.9 Å². The van der Waals surface area contributed by atoms with Gasteiger partial charge >= 0.3 is 6.61 Å². The van der Waals surface area contributed by atoms with Crippen LogP contribution in [0.25, 0.3) is 6.08 Å². The number of carbonyl (C=O) groups excluding carboxylic acids is 2. The first-order valence-electron chi connectivity index (χ1n) is 12.2. The zero-order chi connectivity index (χ0) is 27.9. The molecule has 0 bridgehead atoms. The van der Waals surface area contributed by atoms with E-state index < -0.39 is 12.5 Å². The number of nitrogens with zero attached hydrogens (tertiary/aromatic N) is 3. The Balaban J connectivity index is 1.55. The lowest BCUT2D eigenvalue weighted by Crippen LogP contribution is -2.31. The van der Waals surface area contributed by atoms with Gasteiger partial charge < -0.3 is 15.0 Å². The van der Waals surface area contributed by atoms with Gasteiger partial charge in [-0.1, -0.05) is 43.0 Å². The summed E-state index contributed by atoms with van der Waals surface area (Å²) in [6, 6.07) is 20.9. The van der Waals surface area contributed by atoms with Gasteiger partial charge in [-0.25, -0.2) is 4.99 Å². The summed E-state index contributed by atoms with van der Waals surface area (Å²) in [6.45, 7) is -0.900. The van der Waals surface area contributed by atoms with Crippen LogP contribution in [0.4, 0.5) is 25.8 Å². The molecular formula is C29H28F2N4O3S. The number of anilines is 3. The summed E-state index contributed by atoms with van der Waals surface area (Å²) in [4.78, 5) is 33.9. The van der Waals surface area contributed by atoms with Gasteiger partial charge in [-0.15, -0.1) is 0 Å². The Kier molecular flexibility index (Phi) is 8.98. The highest BCUT2D eigenvalue weighted by Crippen LogP contribution is 2.31. The Labute approximate surface area is 230 Å². The number of nitrogens with one attached hydrogen (secondary N) is 1. The monoisotopic (exact) mass is 550 g/mol. The van der Waals surface area contributed by atoms with Crippen molar-refractivity contribution in [1.29, 1.82) is 0 Å². The van der Waals surface area contributed by atoms with Crippen molar-refractivity contribution in [3.05, 3.63) is 89.6 Å². The summed E-state index contributed by atoms with van der Waals surface area (Å²) in [5.74, 6) is -0.670. The first-order valence-corrected chi connectivity index (χ1v) is 13.2. The van der Waals surface area contributed by atoms with E-state index in [0.717, 1.165) is 35.0 Å². The molecule has 3 aromatic carbocycles. The van der Waals surface area contributed by atoms with Gasteiger partial charge in [0.15, 0.2) is 5.17 Å². The maximum atomic E-state index is 13.4. The van der Waals surface area contributed by atoms with E-state index in [2.05, 4.69) is 22.0 Å². The van der Waals surface area contributed by atoms with E-state index in [9.17, 15) is 18.4 Å². The van der Waals surface area contributed by atoms with E-state index in [1.165, 1.54) is 29.2 Å². The standard InChI is InChI=1S/C29H28F2N4O3S/c1-4-19-5-9-21(10-6-19)32-26(36)18-39-29-33-25(17-20-7-11-22(12-8-20)34(2)3)27(37)35(29)23-13-15-24(16-14-23)38-28(30)31/h5-17,28H,4,18H2,1-3H3,(H,32,36)/b25-17-. The van der Waals surface area contributed by atoms with Crippen LogP contribution in [0.3, 0.4) is 0 Å². The molecule has 7 nitrogen and oxygen atoms in total.